The predicted octanol–water partition coefficient (Wildman–Crippen LogP) is 3.22. The van der Waals surface area contributed by atoms with Gasteiger partial charge in [0.1, 0.15) is 5.15 Å². The number of nitrogens with zero attached hydrogens (tertiary/aromatic N) is 1. The van der Waals surface area contributed by atoms with Gasteiger partial charge in [0.05, 0.1) is 0 Å². The second-order valence-electron chi connectivity index (χ2n) is 5.37. The molecule has 4 heteroatoms. The van der Waals surface area contributed by atoms with Crippen molar-refractivity contribution in [3.8, 4) is 0 Å². The molecule has 0 aromatic carbocycles. The minimum Gasteiger partial charge on any atom is -0.351 e. The summed E-state index contributed by atoms with van der Waals surface area (Å²) in [5.74, 6) is -0.0536. The van der Waals surface area contributed by atoms with Crippen molar-refractivity contribution in [1.82, 2.24) is 10.3 Å². The fraction of sp³-hybridized carbons (Fsp3) is 0.571. The van der Waals surface area contributed by atoms with E-state index in [1.54, 1.807) is 6.07 Å². The van der Waals surface area contributed by atoms with Gasteiger partial charge in [-0.1, -0.05) is 31.9 Å². The van der Waals surface area contributed by atoms with Gasteiger partial charge >= 0.3 is 0 Å². The number of hydrogen-bond donors (Lipinski definition) is 1. The van der Waals surface area contributed by atoms with Crippen molar-refractivity contribution in [1.29, 1.82) is 0 Å². The molecule has 3 nitrogen and oxygen atoms in total. The fourth-order valence-electron chi connectivity index (χ4n) is 2.22. The smallest absolute Gasteiger partial charge is 0.251 e. The van der Waals surface area contributed by atoms with Gasteiger partial charge in [-0.3, -0.25) is 4.79 Å². The summed E-state index contributed by atoms with van der Waals surface area (Å²) in [6, 6.07) is 3.43. The van der Waals surface area contributed by atoms with Gasteiger partial charge in [-0.05, 0) is 36.8 Å². The third kappa shape index (κ3) is 3.02. The van der Waals surface area contributed by atoms with Crippen LogP contribution in [0.3, 0.4) is 0 Å². The van der Waals surface area contributed by atoms with Crippen molar-refractivity contribution in [3.63, 3.8) is 0 Å². The maximum atomic E-state index is 12.1. The number of carbonyl (C=O) groups is 1. The monoisotopic (exact) mass is 266 g/mol. The topological polar surface area (TPSA) is 42.0 Å². The third-order valence-corrected chi connectivity index (χ3v) is 3.90. The molecule has 1 aromatic heterocycles. The lowest BCUT2D eigenvalue weighted by molar-refractivity contribution is 0.0890. The Morgan fingerprint density at radius 3 is 2.78 bits per heavy atom. The number of halogens is 1. The van der Waals surface area contributed by atoms with Gasteiger partial charge in [0, 0.05) is 17.8 Å². The first-order chi connectivity index (χ1) is 8.52. The first-order valence-corrected chi connectivity index (χ1v) is 6.85. The van der Waals surface area contributed by atoms with Crippen molar-refractivity contribution in [2.75, 3.05) is 6.54 Å². The summed E-state index contributed by atoms with van der Waals surface area (Å²) >= 11 is 5.91. The molecule has 0 bridgehead atoms. The quantitative estimate of drug-likeness (QED) is 0.851. The highest BCUT2D eigenvalue weighted by Crippen LogP contribution is 2.39. The van der Waals surface area contributed by atoms with Crippen LogP contribution in [0, 0.1) is 5.41 Å². The first-order valence-electron chi connectivity index (χ1n) is 6.47. The Hall–Kier alpha value is -1.09. The molecular weight excluding hydrogens is 248 g/mol. The highest BCUT2D eigenvalue weighted by Gasteiger charge is 2.31. The molecule has 0 unspecified atom stereocenters. The summed E-state index contributed by atoms with van der Waals surface area (Å²) in [4.78, 5) is 16.2. The molecule has 1 saturated carbocycles. The highest BCUT2D eigenvalue weighted by molar-refractivity contribution is 6.29. The van der Waals surface area contributed by atoms with Crippen LogP contribution in [0.25, 0.3) is 0 Å². The molecular formula is C14H19ClN2O. The number of pyridine rings is 1. The van der Waals surface area contributed by atoms with Gasteiger partial charge in [0.15, 0.2) is 0 Å². The van der Waals surface area contributed by atoms with E-state index in [9.17, 15) is 4.79 Å². The standard InChI is InChI=1S/C14H19ClN2O/c1-3-11-7-10(8-12(15)17-11)13(18)16-9-14(2)5-4-6-14/h7-8H,3-6,9H2,1-2H3,(H,16,18). The zero-order valence-electron chi connectivity index (χ0n) is 10.9. The highest BCUT2D eigenvalue weighted by atomic mass is 35.5. The molecule has 1 aromatic rings. The van der Waals surface area contributed by atoms with Crippen LogP contribution in [0.15, 0.2) is 12.1 Å². The van der Waals surface area contributed by atoms with E-state index < -0.39 is 0 Å². The Morgan fingerprint density at radius 1 is 1.50 bits per heavy atom. The molecule has 1 aliphatic rings. The number of rotatable bonds is 4. The summed E-state index contributed by atoms with van der Waals surface area (Å²) in [5.41, 5.74) is 1.75. The van der Waals surface area contributed by atoms with Gasteiger partial charge in [-0.15, -0.1) is 0 Å². The lowest BCUT2D eigenvalue weighted by atomic mass is 9.70. The zero-order valence-corrected chi connectivity index (χ0v) is 11.7. The molecule has 1 amide bonds. The van der Waals surface area contributed by atoms with E-state index in [-0.39, 0.29) is 5.91 Å². The van der Waals surface area contributed by atoms with E-state index in [1.165, 1.54) is 19.3 Å². The fourth-order valence-corrected chi connectivity index (χ4v) is 2.44. The lowest BCUT2D eigenvalue weighted by Gasteiger charge is -2.38. The van der Waals surface area contributed by atoms with E-state index in [1.807, 2.05) is 13.0 Å². The van der Waals surface area contributed by atoms with E-state index in [2.05, 4.69) is 17.2 Å². The molecule has 0 radical (unpaired) electrons. The van der Waals surface area contributed by atoms with Crippen LogP contribution in [0.2, 0.25) is 5.15 Å². The van der Waals surface area contributed by atoms with E-state index in [4.69, 9.17) is 11.6 Å². The van der Waals surface area contributed by atoms with Gasteiger partial charge < -0.3 is 5.32 Å². The SMILES string of the molecule is CCc1cc(C(=O)NCC2(C)CCC2)cc(Cl)n1. The summed E-state index contributed by atoms with van der Waals surface area (Å²) in [7, 11) is 0. The maximum absolute atomic E-state index is 12.1. The zero-order chi connectivity index (χ0) is 13.2. The molecule has 98 valence electrons. The average molecular weight is 267 g/mol. The normalized spacial score (nSPS) is 17.1. The van der Waals surface area contributed by atoms with Crippen molar-refractivity contribution in [3.05, 3.63) is 28.5 Å². The van der Waals surface area contributed by atoms with Crippen LogP contribution in [0.1, 0.15) is 49.2 Å². The third-order valence-electron chi connectivity index (χ3n) is 3.71. The van der Waals surface area contributed by atoms with E-state index in [0.29, 0.717) is 16.1 Å². The molecule has 0 atom stereocenters. The largest absolute Gasteiger partial charge is 0.351 e. The number of aromatic nitrogens is 1. The molecule has 18 heavy (non-hydrogen) atoms. The first kappa shape index (κ1) is 13.3. The molecule has 1 N–H and O–H groups in total. The van der Waals surface area contributed by atoms with Gasteiger partial charge in [0.25, 0.3) is 5.91 Å². The van der Waals surface area contributed by atoms with Crippen molar-refractivity contribution in [2.45, 2.75) is 39.5 Å². The number of carbonyl (C=O) groups excluding carboxylic acids is 1. The molecule has 0 spiro atoms. The van der Waals surface area contributed by atoms with Crippen molar-refractivity contribution >= 4 is 17.5 Å². The number of aryl methyl sites for hydroxylation is 1. The van der Waals surface area contributed by atoms with E-state index >= 15 is 0 Å². The molecule has 0 saturated heterocycles. The average Bonchev–Trinajstić information content (AvgIpc) is 2.32. The van der Waals surface area contributed by atoms with Crippen LogP contribution in [0.5, 0.6) is 0 Å². The van der Waals surface area contributed by atoms with Crippen LogP contribution in [-0.4, -0.2) is 17.4 Å². The van der Waals surface area contributed by atoms with Gasteiger partial charge in [-0.25, -0.2) is 4.98 Å². The molecule has 1 heterocycles. The van der Waals surface area contributed by atoms with Crippen LogP contribution in [0.4, 0.5) is 0 Å². The van der Waals surface area contributed by atoms with Crippen molar-refractivity contribution in [2.24, 2.45) is 5.41 Å². The summed E-state index contributed by atoms with van der Waals surface area (Å²) < 4.78 is 0. The Morgan fingerprint density at radius 2 is 2.22 bits per heavy atom. The van der Waals surface area contributed by atoms with Crippen LogP contribution >= 0.6 is 11.6 Å². The summed E-state index contributed by atoms with van der Waals surface area (Å²) in [6.45, 7) is 4.96. The summed E-state index contributed by atoms with van der Waals surface area (Å²) in [5, 5.41) is 3.38. The number of hydrogen-bond acceptors (Lipinski definition) is 2. The van der Waals surface area contributed by atoms with Gasteiger partial charge in [-0.2, -0.15) is 0 Å². The van der Waals surface area contributed by atoms with Crippen LogP contribution < -0.4 is 5.32 Å². The lowest BCUT2D eigenvalue weighted by Crippen LogP contribution is -2.39. The molecule has 1 fully saturated rings. The molecule has 2 rings (SSSR count). The van der Waals surface area contributed by atoms with E-state index in [0.717, 1.165) is 18.7 Å². The Balaban J connectivity index is 2.01. The minimum atomic E-state index is -0.0536. The van der Waals surface area contributed by atoms with Crippen molar-refractivity contribution < 1.29 is 4.79 Å². The Bertz CT molecular complexity index is 455. The maximum Gasteiger partial charge on any atom is 0.251 e. The molecule has 0 aliphatic heterocycles. The van der Waals surface area contributed by atoms with Gasteiger partial charge in [0.2, 0.25) is 0 Å². The second-order valence-corrected chi connectivity index (χ2v) is 5.76. The van der Waals surface area contributed by atoms with Crippen LogP contribution in [-0.2, 0) is 6.42 Å². The number of nitrogens with one attached hydrogen (secondary N) is 1. The molecule has 1 aliphatic carbocycles. The summed E-state index contributed by atoms with van der Waals surface area (Å²) in [6.07, 6.45) is 4.45. The number of amides is 1. The minimum absolute atomic E-state index is 0.0536. The predicted molar refractivity (Wildman–Crippen MR) is 72.9 cm³/mol. The Kier molecular flexibility index (Phi) is 3.91. The Labute approximate surface area is 113 Å². The second kappa shape index (κ2) is 5.27.